The van der Waals surface area contributed by atoms with Crippen LogP contribution in [0.1, 0.15) is 16.7 Å². The van der Waals surface area contributed by atoms with Crippen molar-refractivity contribution in [3.8, 4) is 0 Å². The molecule has 1 aromatic rings. The van der Waals surface area contributed by atoms with Crippen molar-refractivity contribution in [1.82, 2.24) is 5.32 Å². The second-order valence-corrected chi connectivity index (χ2v) is 4.06. The fourth-order valence-corrected chi connectivity index (χ4v) is 1.65. The molecule has 78 valence electrons. The van der Waals surface area contributed by atoms with Crippen molar-refractivity contribution in [2.45, 2.75) is 19.4 Å². The van der Waals surface area contributed by atoms with Crippen LogP contribution in [-0.4, -0.2) is 13.1 Å². The second kappa shape index (κ2) is 3.89. The standard InChI is InChI=1S/C11H16N2.ClH/c1-8-3-4-10(5-9(8)2)11(12)6-13-7-11;/h3-5,13H,6-7,12H2,1-2H3;1H. The molecule has 2 rings (SSSR count). The van der Waals surface area contributed by atoms with E-state index in [2.05, 4.69) is 37.4 Å². The maximum absolute atomic E-state index is 6.18. The van der Waals surface area contributed by atoms with E-state index in [-0.39, 0.29) is 17.9 Å². The maximum atomic E-state index is 6.18. The van der Waals surface area contributed by atoms with Gasteiger partial charge in [-0.1, -0.05) is 18.2 Å². The molecule has 0 atom stereocenters. The van der Waals surface area contributed by atoms with Gasteiger partial charge in [-0.2, -0.15) is 0 Å². The van der Waals surface area contributed by atoms with Crippen LogP contribution >= 0.6 is 12.4 Å². The average Bonchev–Trinajstić information content (AvgIpc) is 2.06. The predicted molar refractivity (Wildman–Crippen MR) is 61.9 cm³/mol. The van der Waals surface area contributed by atoms with E-state index >= 15 is 0 Å². The highest BCUT2D eigenvalue weighted by Crippen LogP contribution is 2.24. The summed E-state index contributed by atoms with van der Waals surface area (Å²) < 4.78 is 0. The van der Waals surface area contributed by atoms with Gasteiger partial charge in [0.1, 0.15) is 0 Å². The molecule has 0 aromatic heterocycles. The van der Waals surface area contributed by atoms with Gasteiger partial charge >= 0.3 is 0 Å². The van der Waals surface area contributed by atoms with Crippen molar-refractivity contribution in [1.29, 1.82) is 0 Å². The third-order valence-corrected chi connectivity index (χ3v) is 2.96. The lowest BCUT2D eigenvalue weighted by atomic mass is 9.84. The highest BCUT2D eigenvalue weighted by atomic mass is 35.5. The van der Waals surface area contributed by atoms with Gasteiger partial charge in [0, 0.05) is 13.1 Å². The lowest BCUT2D eigenvalue weighted by Crippen LogP contribution is -2.62. The second-order valence-electron chi connectivity index (χ2n) is 4.06. The van der Waals surface area contributed by atoms with Crippen molar-refractivity contribution in [2.75, 3.05) is 13.1 Å². The fraction of sp³-hybridized carbons (Fsp3) is 0.455. The van der Waals surface area contributed by atoms with Crippen LogP contribution in [0, 0.1) is 13.8 Å². The van der Waals surface area contributed by atoms with Gasteiger partial charge in [0.05, 0.1) is 5.54 Å². The molecule has 1 aromatic carbocycles. The fourth-order valence-electron chi connectivity index (χ4n) is 1.65. The third kappa shape index (κ3) is 1.78. The van der Waals surface area contributed by atoms with E-state index in [9.17, 15) is 0 Å². The van der Waals surface area contributed by atoms with E-state index in [1.54, 1.807) is 0 Å². The summed E-state index contributed by atoms with van der Waals surface area (Å²) in [5, 5.41) is 3.21. The topological polar surface area (TPSA) is 38.0 Å². The monoisotopic (exact) mass is 212 g/mol. The zero-order valence-corrected chi connectivity index (χ0v) is 9.45. The van der Waals surface area contributed by atoms with Crippen LogP contribution in [0.3, 0.4) is 0 Å². The molecular weight excluding hydrogens is 196 g/mol. The molecule has 0 saturated carbocycles. The van der Waals surface area contributed by atoms with E-state index in [1.807, 2.05) is 0 Å². The molecule has 0 amide bonds. The minimum absolute atomic E-state index is 0. The summed E-state index contributed by atoms with van der Waals surface area (Å²) in [6, 6.07) is 6.50. The van der Waals surface area contributed by atoms with Crippen LogP contribution in [0.25, 0.3) is 0 Å². The van der Waals surface area contributed by atoms with Gasteiger partial charge in [-0.3, -0.25) is 0 Å². The smallest absolute Gasteiger partial charge is 0.0662 e. The zero-order valence-electron chi connectivity index (χ0n) is 8.63. The summed E-state index contributed by atoms with van der Waals surface area (Å²) in [5.74, 6) is 0. The molecule has 0 radical (unpaired) electrons. The molecule has 2 nitrogen and oxygen atoms in total. The molecule has 1 fully saturated rings. The van der Waals surface area contributed by atoms with Crippen LogP contribution in [0.2, 0.25) is 0 Å². The summed E-state index contributed by atoms with van der Waals surface area (Å²) in [5.41, 5.74) is 9.99. The van der Waals surface area contributed by atoms with E-state index < -0.39 is 0 Å². The quantitative estimate of drug-likeness (QED) is 0.740. The Kier molecular flexibility index (Phi) is 3.20. The number of hydrogen-bond acceptors (Lipinski definition) is 2. The van der Waals surface area contributed by atoms with Crippen molar-refractivity contribution in [3.63, 3.8) is 0 Å². The van der Waals surface area contributed by atoms with Gasteiger partial charge in [-0.05, 0) is 30.5 Å². The highest BCUT2D eigenvalue weighted by molar-refractivity contribution is 5.85. The van der Waals surface area contributed by atoms with E-state index in [0.717, 1.165) is 13.1 Å². The average molecular weight is 213 g/mol. The van der Waals surface area contributed by atoms with Crippen LogP contribution in [0.4, 0.5) is 0 Å². The maximum Gasteiger partial charge on any atom is 0.0662 e. The molecule has 1 heterocycles. The lowest BCUT2D eigenvalue weighted by Gasteiger charge is -2.39. The number of benzene rings is 1. The Hall–Kier alpha value is -0.570. The highest BCUT2D eigenvalue weighted by Gasteiger charge is 2.34. The zero-order chi connectivity index (χ0) is 9.47. The Morgan fingerprint density at radius 1 is 1.21 bits per heavy atom. The Bertz CT molecular complexity index is 332. The molecule has 0 unspecified atom stereocenters. The Morgan fingerprint density at radius 2 is 1.86 bits per heavy atom. The summed E-state index contributed by atoms with van der Waals surface area (Å²) in [6.07, 6.45) is 0. The minimum atomic E-state index is -0.113. The molecule has 1 saturated heterocycles. The van der Waals surface area contributed by atoms with E-state index in [0.29, 0.717) is 0 Å². The van der Waals surface area contributed by atoms with Crippen molar-refractivity contribution in [3.05, 3.63) is 34.9 Å². The van der Waals surface area contributed by atoms with Gasteiger partial charge in [-0.15, -0.1) is 12.4 Å². The van der Waals surface area contributed by atoms with Gasteiger partial charge in [0.15, 0.2) is 0 Å². The first-order valence-corrected chi connectivity index (χ1v) is 4.69. The first-order chi connectivity index (χ1) is 6.12. The minimum Gasteiger partial charge on any atom is -0.319 e. The largest absolute Gasteiger partial charge is 0.319 e. The number of hydrogen-bond donors (Lipinski definition) is 2. The van der Waals surface area contributed by atoms with Crippen LogP contribution in [0.15, 0.2) is 18.2 Å². The molecule has 1 aliphatic heterocycles. The SMILES string of the molecule is Cc1ccc(C2(N)CNC2)cc1C.Cl. The summed E-state index contributed by atoms with van der Waals surface area (Å²) >= 11 is 0. The molecule has 0 bridgehead atoms. The number of nitrogens with one attached hydrogen (secondary N) is 1. The van der Waals surface area contributed by atoms with Crippen molar-refractivity contribution < 1.29 is 0 Å². The normalized spacial score (nSPS) is 18.2. The molecule has 3 N–H and O–H groups in total. The van der Waals surface area contributed by atoms with Crippen molar-refractivity contribution >= 4 is 12.4 Å². The number of rotatable bonds is 1. The Balaban J connectivity index is 0.000000980. The van der Waals surface area contributed by atoms with Gasteiger partial charge in [0.2, 0.25) is 0 Å². The molecule has 0 aliphatic carbocycles. The van der Waals surface area contributed by atoms with Gasteiger partial charge in [0.25, 0.3) is 0 Å². The predicted octanol–water partition coefficient (Wildman–Crippen LogP) is 1.48. The number of nitrogens with two attached hydrogens (primary N) is 1. The molecule has 14 heavy (non-hydrogen) atoms. The molecule has 3 heteroatoms. The first-order valence-electron chi connectivity index (χ1n) is 4.69. The summed E-state index contributed by atoms with van der Waals surface area (Å²) in [4.78, 5) is 0. The number of aryl methyl sites for hydroxylation is 2. The third-order valence-electron chi connectivity index (χ3n) is 2.96. The lowest BCUT2D eigenvalue weighted by molar-refractivity contribution is 0.287. The van der Waals surface area contributed by atoms with E-state index in [4.69, 9.17) is 5.73 Å². The Morgan fingerprint density at radius 3 is 2.29 bits per heavy atom. The van der Waals surface area contributed by atoms with Crippen LogP contribution in [-0.2, 0) is 5.54 Å². The molecular formula is C11H17ClN2. The first kappa shape index (κ1) is 11.5. The number of halogens is 1. The summed E-state index contributed by atoms with van der Waals surface area (Å²) in [7, 11) is 0. The Labute approximate surface area is 91.3 Å². The molecule has 1 aliphatic rings. The van der Waals surface area contributed by atoms with E-state index in [1.165, 1.54) is 16.7 Å². The van der Waals surface area contributed by atoms with Gasteiger partial charge < -0.3 is 11.1 Å². The summed E-state index contributed by atoms with van der Waals surface area (Å²) in [6.45, 7) is 6.06. The van der Waals surface area contributed by atoms with Crippen LogP contribution < -0.4 is 11.1 Å². The van der Waals surface area contributed by atoms with Crippen molar-refractivity contribution in [2.24, 2.45) is 5.73 Å². The molecule has 0 spiro atoms. The van der Waals surface area contributed by atoms with Gasteiger partial charge in [-0.25, -0.2) is 0 Å². The van der Waals surface area contributed by atoms with Crippen LogP contribution in [0.5, 0.6) is 0 Å².